The van der Waals surface area contributed by atoms with Crippen molar-refractivity contribution in [2.75, 3.05) is 16.3 Å². The molecule has 0 bridgehead atoms. The Morgan fingerprint density at radius 2 is 1.92 bits per heavy atom. The number of nitrogens with zero attached hydrogens (tertiary/aromatic N) is 3. The van der Waals surface area contributed by atoms with Crippen LogP contribution in [0.3, 0.4) is 0 Å². The Hall–Kier alpha value is -3.91. The van der Waals surface area contributed by atoms with Crippen molar-refractivity contribution < 1.29 is 31.8 Å². The minimum absolute atomic E-state index is 0.0198. The lowest BCUT2D eigenvalue weighted by atomic mass is 10.1. The second-order valence-electron chi connectivity index (χ2n) is 8.52. The average Bonchev–Trinajstić information content (AvgIpc) is 3.37. The molecule has 1 atom stereocenters. The number of hydrogen-bond acceptors (Lipinski definition) is 8. The molecule has 1 unspecified atom stereocenters. The first-order valence-electron chi connectivity index (χ1n) is 11.0. The summed E-state index contributed by atoms with van der Waals surface area (Å²) in [6.45, 7) is -0.318. The van der Waals surface area contributed by atoms with Crippen LogP contribution in [0.15, 0.2) is 62.8 Å². The molecule has 1 aliphatic heterocycles. The van der Waals surface area contributed by atoms with Gasteiger partial charge in [-0.25, -0.2) is 21.9 Å². The molecule has 1 aliphatic rings. The summed E-state index contributed by atoms with van der Waals surface area (Å²) in [5.41, 5.74) is -0.772. The Balaban J connectivity index is 1.65. The number of anilines is 2. The highest BCUT2D eigenvalue weighted by atomic mass is 32.2. The van der Waals surface area contributed by atoms with Crippen molar-refractivity contribution in [1.29, 1.82) is 0 Å². The van der Waals surface area contributed by atoms with Crippen molar-refractivity contribution in [1.82, 2.24) is 9.78 Å². The molecule has 16 heteroatoms. The number of rotatable bonds is 6. The molecule has 0 fully saturated rings. The molecule has 3 heterocycles. The van der Waals surface area contributed by atoms with Crippen LogP contribution >= 0.6 is 18.9 Å². The third kappa shape index (κ3) is 5.34. The highest BCUT2D eigenvalue weighted by Crippen LogP contribution is 2.47. The number of nitrogens with one attached hydrogen (secondary N) is 2. The highest BCUT2D eigenvalue weighted by Gasteiger charge is 2.34. The van der Waals surface area contributed by atoms with Gasteiger partial charge in [-0.15, -0.1) is 0 Å². The molecule has 39 heavy (non-hydrogen) atoms. The molecule has 2 aromatic heterocycles. The van der Waals surface area contributed by atoms with E-state index in [-0.39, 0.29) is 34.5 Å². The van der Waals surface area contributed by atoms with Crippen LogP contribution in [0.4, 0.5) is 20.2 Å². The maximum absolute atomic E-state index is 13.8. The summed E-state index contributed by atoms with van der Waals surface area (Å²) in [7, 11) is -8.25. The molecule has 0 saturated carbocycles. The monoisotopic (exact) mass is 593 g/mol. The molecule has 2 aromatic carbocycles. The first kappa shape index (κ1) is 26.7. The van der Waals surface area contributed by atoms with E-state index >= 15 is 0 Å². The zero-order valence-corrected chi connectivity index (χ0v) is 22.3. The quantitative estimate of drug-likeness (QED) is 0.248. The van der Waals surface area contributed by atoms with Gasteiger partial charge in [-0.05, 0) is 47.3 Å². The molecule has 4 N–H and O–H groups in total. The summed E-state index contributed by atoms with van der Waals surface area (Å²) in [6.07, 6.45) is 0.919. The lowest BCUT2D eigenvalue weighted by Crippen LogP contribution is -2.35. The van der Waals surface area contributed by atoms with Gasteiger partial charge in [0.2, 0.25) is 10.0 Å². The lowest BCUT2D eigenvalue weighted by Gasteiger charge is -2.23. The Morgan fingerprint density at radius 3 is 2.59 bits per heavy atom. The fourth-order valence-electron chi connectivity index (χ4n) is 3.90. The van der Waals surface area contributed by atoms with E-state index in [1.807, 2.05) is 0 Å². The lowest BCUT2D eigenvalue weighted by molar-refractivity contribution is 0.463. The predicted molar refractivity (Wildman–Crippen MR) is 143 cm³/mol. The van der Waals surface area contributed by atoms with Crippen LogP contribution in [0.5, 0.6) is 5.75 Å². The zero-order chi connectivity index (χ0) is 28.1. The van der Waals surface area contributed by atoms with Crippen LogP contribution in [-0.2, 0) is 21.1 Å². The number of benzene rings is 2. The molecule has 0 aliphatic carbocycles. The van der Waals surface area contributed by atoms with Crippen molar-refractivity contribution >= 4 is 51.4 Å². The largest absolute Gasteiger partial charge is 0.505 e. The van der Waals surface area contributed by atoms with E-state index in [0.717, 1.165) is 29.1 Å². The first-order chi connectivity index (χ1) is 18.3. The van der Waals surface area contributed by atoms with Crippen LogP contribution in [0, 0.1) is 11.6 Å². The van der Waals surface area contributed by atoms with Gasteiger partial charge in [0, 0.05) is 16.6 Å². The average molecular weight is 594 g/mol. The normalized spacial score (nSPS) is 16.8. The maximum Gasteiger partial charge on any atom is 0.346 e. The van der Waals surface area contributed by atoms with E-state index in [1.165, 1.54) is 29.5 Å². The fraction of sp³-hybridized carbons (Fsp3) is 0.0870. The van der Waals surface area contributed by atoms with Crippen LogP contribution in [0.1, 0.15) is 11.1 Å². The van der Waals surface area contributed by atoms with Crippen molar-refractivity contribution in [2.45, 2.75) is 6.54 Å². The summed E-state index contributed by atoms with van der Waals surface area (Å²) in [6, 6.07) is 8.47. The molecule has 202 valence electrons. The third-order valence-corrected chi connectivity index (χ3v) is 8.34. The summed E-state index contributed by atoms with van der Waals surface area (Å²) in [5, 5.41) is 21.2. The second kappa shape index (κ2) is 9.68. The van der Waals surface area contributed by atoms with E-state index < -0.39 is 51.9 Å². The molecule has 5 rings (SSSR count). The SMILES string of the molecule is CS(=O)(=O)Nc1ccc2c(c1)P(=O)(O)N=C(c1c(O)c(-c3ccsc3)nn(Cc3ccc(F)c(F)c3)c1=O)N2. The standard InChI is InChI=1S/C23H18F2N5O6PS2/c1-39(35,36)29-14-3-5-17-18(9-14)37(33,34)28-22(26-17)19-21(31)20(13-6-7-38-11-13)27-30(23(19)32)10-12-2-4-15(24)16(25)8-12/h2-9,11,29,31H,10H2,1H3,(H2,26,28,33,34). The van der Waals surface area contributed by atoms with E-state index in [0.29, 0.717) is 5.56 Å². The van der Waals surface area contributed by atoms with Crippen molar-refractivity contribution in [3.63, 3.8) is 0 Å². The Kier molecular flexibility index (Phi) is 6.63. The number of aromatic hydroxyl groups is 1. The third-order valence-electron chi connectivity index (χ3n) is 5.58. The van der Waals surface area contributed by atoms with Gasteiger partial charge in [-0.2, -0.15) is 21.2 Å². The van der Waals surface area contributed by atoms with Crippen LogP contribution in [-0.4, -0.2) is 40.3 Å². The van der Waals surface area contributed by atoms with Gasteiger partial charge in [0.25, 0.3) is 5.56 Å². The van der Waals surface area contributed by atoms with Gasteiger partial charge >= 0.3 is 7.52 Å². The molecular formula is C23H18F2N5O6PS2. The summed E-state index contributed by atoms with van der Waals surface area (Å²) in [4.78, 5) is 24.3. The fourth-order valence-corrected chi connectivity index (χ4v) is 6.37. The molecule has 0 saturated heterocycles. The van der Waals surface area contributed by atoms with Gasteiger partial charge in [-0.3, -0.25) is 14.1 Å². The number of hydrogen-bond donors (Lipinski definition) is 4. The smallest absolute Gasteiger partial charge is 0.346 e. The number of aromatic nitrogens is 2. The Bertz CT molecular complexity index is 1880. The molecule has 11 nitrogen and oxygen atoms in total. The van der Waals surface area contributed by atoms with E-state index in [4.69, 9.17) is 0 Å². The number of thiophene rings is 1. The van der Waals surface area contributed by atoms with Crippen LogP contribution < -0.4 is 20.9 Å². The van der Waals surface area contributed by atoms with Gasteiger partial charge in [-0.1, -0.05) is 6.07 Å². The van der Waals surface area contributed by atoms with Gasteiger partial charge in [0.15, 0.2) is 23.2 Å². The van der Waals surface area contributed by atoms with Gasteiger partial charge in [0.1, 0.15) is 11.3 Å². The Labute approximate surface area is 223 Å². The predicted octanol–water partition coefficient (Wildman–Crippen LogP) is 3.06. The Morgan fingerprint density at radius 1 is 1.15 bits per heavy atom. The number of fused-ring (bicyclic) bond motifs is 1. The topological polar surface area (TPSA) is 163 Å². The zero-order valence-electron chi connectivity index (χ0n) is 19.8. The summed E-state index contributed by atoms with van der Waals surface area (Å²) in [5.74, 6) is -3.25. The van der Waals surface area contributed by atoms with Crippen molar-refractivity contribution in [2.24, 2.45) is 4.76 Å². The number of amidine groups is 1. The van der Waals surface area contributed by atoms with E-state index in [9.17, 15) is 36.6 Å². The van der Waals surface area contributed by atoms with Crippen molar-refractivity contribution in [3.05, 3.63) is 86.3 Å². The highest BCUT2D eigenvalue weighted by molar-refractivity contribution is 7.92. The maximum atomic E-state index is 13.8. The van der Waals surface area contributed by atoms with Crippen LogP contribution in [0.25, 0.3) is 11.3 Å². The molecule has 0 spiro atoms. The molecule has 4 aromatic rings. The van der Waals surface area contributed by atoms with E-state index in [2.05, 4.69) is 19.9 Å². The summed E-state index contributed by atoms with van der Waals surface area (Å²) >= 11 is 1.29. The van der Waals surface area contributed by atoms with Gasteiger partial charge in [0.05, 0.1) is 23.8 Å². The van der Waals surface area contributed by atoms with Gasteiger partial charge < -0.3 is 15.3 Å². The molecule has 0 amide bonds. The second-order valence-corrected chi connectivity index (χ2v) is 12.8. The first-order valence-corrected chi connectivity index (χ1v) is 15.4. The molecule has 0 radical (unpaired) electrons. The number of halogens is 2. The van der Waals surface area contributed by atoms with Crippen molar-refractivity contribution in [3.8, 4) is 17.0 Å². The van der Waals surface area contributed by atoms with Crippen LogP contribution in [0.2, 0.25) is 0 Å². The number of sulfonamides is 1. The van der Waals surface area contributed by atoms with E-state index in [1.54, 1.807) is 16.8 Å². The summed E-state index contributed by atoms with van der Waals surface area (Å²) < 4.78 is 70.5. The minimum Gasteiger partial charge on any atom is -0.505 e. The minimum atomic E-state index is -4.58. The molecular weight excluding hydrogens is 575 g/mol.